The number of hydrogen-bond donors (Lipinski definition) is 0. The number of oxime groups is 1. The lowest BCUT2D eigenvalue weighted by Crippen LogP contribution is -1.95. The van der Waals surface area contributed by atoms with Gasteiger partial charge in [0.2, 0.25) is 0 Å². The predicted octanol–water partition coefficient (Wildman–Crippen LogP) is 3.57. The summed E-state index contributed by atoms with van der Waals surface area (Å²) in [4.78, 5) is 4.82. The minimum Gasteiger partial charge on any atom is -0.395 e. The molecule has 0 bridgehead atoms. The molecule has 16 heavy (non-hydrogen) atoms. The first-order chi connectivity index (χ1) is 7.65. The Kier molecular flexibility index (Phi) is 5.25. The van der Waals surface area contributed by atoms with Crippen molar-refractivity contribution in [1.82, 2.24) is 0 Å². The topological polar surface area (TPSA) is 21.6 Å². The maximum absolute atomic E-state index is 13.2. The molecule has 2 nitrogen and oxygen atoms in total. The average molecular weight is 245 g/mol. The Hall–Kier alpha value is -1.10. The van der Waals surface area contributed by atoms with Gasteiger partial charge in [0.05, 0.1) is 0 Å². The molecule has 1 aromatic carbocycles. The van der Waals surface area contributed by atoms with E-state index in [4.69, 9.17) is 4.84 Å². The summed E-state index contributed by atoms with van der Waals surface area (Å²) in [5.41, 5.74) is 0.0681. The molecular weight excluding hydrogens is 232 g/mol. The first-order valence-corrected chi connectivity index (χ1v) is 5.86. The number of thioether (sulfide) groups is 1. The quantitative estimate of drug-likeness (QED) is 0.459. The third-order valence-electron chi connectivity index (χ3n) is 1.81. The van der Waals surface area contributed by atoms with Gasteiger partial charge in [-0.3, -0.25) is 0 Å². The molecule has 0 aliphatic heterocycles. The molecule has 0 saturated carbocycles. The number of benzene rings is 1. The van der Waals surface area contributed by atoms with Crippen LogP contribution in [0.25, 0.3) is 0 Å². The van der Waals surface area contributed by atoms with Crippen molar-refractivity contribution < 1.29 is 13.6 Å². The molecule has 5 heteroatoms. The van der Waals surface area contributed by atoms with Gasteiger partial charge in [-0.05, 0) is 26.0 Å². The van der Waals surface area contributed by atoms with Gasteiger partial charge < -0.3 is 4.84 Å². The molecule has 0 aromatic heterocycles. The van der Waals surface area contributed by atoms with Gasteiger partial charge in [0.1, 0.15) is 23.3 Å². The molecule has 1 aromatic rings. The van der Waals surface area contributed by atoms with Crippen LogP contribution in [-0.4, -0.2) is 11.7 Å². The van der Waals surface area contributed by atoms with Gasteiger partial charge in [0.15, 0.2) is 0 Å². The van der Waals surface area contributed by atoms with Crippen LogP contribution in [0.3, 0.4) is 0 Å². The molecule has 1 rings (SSSR count). The maximum Gasteiger partial charge on any atom is 0.130 e. The fourth-order valence-corrected chi connectivity index (χ4v) is 1.76. The zero-order valence-electron chi connectivity index (χ0n) is 9.17. The number of halogens is 2. The highest BCUT2D eigenvalue weighted by Crippen LogP contribution is 2.19. The SMILES string of the molecule is CCO/N=C(\C)SCc1c(F)cccc1F. The summed E-state index contributed by atoms with van der Waals surface area (Å²) < 4.78 is 26.5. The van der Waals surface area contributed by atoms with Crippen molar-refractivity contribution in [2.24, 2.45) is 5.16 Å². The Labute approximate surface area is 97.7 Å². The van der Waals surface area contributed by atoms with Crippen molar-refractivity contribution >= 4 is 16.8 Å². The zero-order valence-corrected chi connectivity index (χ0v) is 9.98. The molecule has 0 N–H and O–H groups in total. The summed E-state index contributed by atoms with van der Waals surface area (Å²) in [6.45, 7) is 4.03. The standard InChI is InChI=1S/C11H13F2NOS/c1-3-15-14-8(2)16-7-9-10(12)5-4-6-11(9)13/h4-6H,3,7H2,1-2H3/b14-8+. The molecule has 0 spiro atoms. The van der Waals surface area contributed by atoms with Crippen molar-refractivity contribution in [3.63, 3.8) is 0 Å². The highest BCUT2D eigenvalue weighted by atomic mass is 32.2. The van der Waals surface area contributed by atoms with Gasteiger partial charge in [0, 0.05) is 11.3 Å². The van der Waals surface area contributed by atoms with E-state index in [1.54, 1.807) is 6.92 Å². The first-order valence-electron chi connectivity index (χ1n) is 4.87. The third kappa shape index (κ3) is 3.81. The second-order valence-electron chi connectivity index (χ2n) is 3.02. The largest absolute Gasteiger partial charge is 0.395 e. The lowest BCUT2D eigenvalue weighted by atomic mass is 10.2. The van der Waals surface area contributed by atoms with Crippen molar-refractivity contribution in [3.05, 3.63) is 35.4 Å². The van der Waals surface area contributed by atoms with E-state index in [0.717, 1.165) is 0 Å². The van der Waals surface area contributed by atoms with Gasteiger partial charge in [0.25, 0.3) is 0 Å². The molecule has 0 unspecified atom stereocenters. The number of rotatable bonds is 4. The van der Waals surface area contributed by atoms with Gasteiger partial charge in [-0.1, -0.05) is 11.2 Å². The Morgan fingerprint density at radius 2 is 2.00 bits per heavy atom. The third-order valence-corrected chi connectivity index (χ3v) is 2.73. The molecule has 0 aliphatic rings. The van der Waals surface area contributed by atoms with Crippen LogP contribution in [0.5, 0.6) is 0 Å². The van der Waals surface area contributed by atoms with E-state index in [1.807, 2.05) is 6.92 Å². The summed E-state index contributed by atoms with van der Waals surface area (Å²) in [6.07, 6.45) is 0. The zero-order chi connectivity index (χ0) is 12.0. The molecular formula is C11H13F2NOS. The van der Waals surface area contributed by atoms with Crippen molar-refractivity contribution in [3.8, 4) is 0 Å². The first kappa shape index (κ1) is 13.0. The molecule has 0 aliphatic carbocycles. The number of hydrogen-bond acceptors (Lipinski definition) is 3. The van der Waals surface area contributed by atoms with Crippen LogP contribution in [0.2, 0.25) is 0 Å². The monoisotopic (exact) mass is 245 g/mol. The molecule has 88 valence electrons. The lowest BCUT2D eigenvalue weighted by Gasteiger charge is -2.04. The van der Waals surface area contributed by atoms with Crippen molar-refractivity contribution in [2.75, 3.05) is 6.61 Å². The van der Waals surface area contributed by atoms with Gasteiger partial charge >= 0.3 is 0 Å². The van der Waals surface area contributed by atoms with Gasteiger partial charge in [-0.25, -0.2) is 8.78 Å². The van der Waals surface area contributed by atoms with Crippen LogP contribution >= 0.6 is 11.8 Å². The highest BCUT2D eigenvalue weighted by Gasteiger charge is 2.08. The minimum absolute atomic E-state index is 0.0681. The number of nitrogens with zero attached hydrogens (tertiary/aromatic N) is 1. The van der Waals surface area contributed by atoms with Crippen molar-refractivity contribution in [2.45, 2.75) is 19.6 Å². The summed E-state index contributed by atoms with van der Waals surface area (Å²) in [7, 11) is 0. The van der Waals surface area contributed by atoms with E-state index in [2.05, 4.69) is 5.16 Å². The Morgan fingerprint density at radius 3 is 2.56 bits per heavy atom. The fourth-order valence-electron chi connectivity index (χ4n) is 1.03. The van der Waals surface area contributed by atoms with Crippen LogP contribution in [0, 0.1) is 11.6 Å². The predicted molar refractivity (Wildman–Crippen MR) is 62.4 cm³/mol. The van der Waals surface area contributed by atoms with E-state index in [-0.39, 0.29) is 11.3 Å². The normalized spacial score (nSPS) is 11.6. The van der Waals surface area contributed by atoms with Crippen LogP contribution in [0.15, 0.2) is 23.4 Å². The van der Waals surface area contributed by atoms with E-state index in [1.165, 1.54) is 30.0 Å². The van der Waals surface area contributed by atoms with Gasteiger partial charge in [-0.2, -0.15) is 0 Å². The second kappa shape index (κ2) is 6.48. The lowest BCUT2D eigenvalue weighted by molar-refractivity contribution is 0.159. The molecule has 0 heterocycles. The van der Waals surface area contributed by atoms with E-state index in [0.29, 0.717) is 11.7 Å². The van der Waals surface area contributed by atoms with Crippen molar-refractivity contribution in [1.29, 1.82) is 0 Å². The fraction of sp³-hybridized carbons (Fsp3) is 0.364. The smallest absolute Gasteiger partial charge is 0.130 e. The van der Waals surface area contributed by atoms with Crippen LogP contribution < -0.4 is 0 Å². The van der Waals surface area contributed by atoms with Crippen LogP contribution in [0.4, 0.5) is 8.78 Å². The molecule has 0 radical (unpaired) electrons. The second-order valence-corrected chi connectivity index (χ2v) is 4.19. The Bertz CT molecular complexity index is 362. The Morgan fingerprint density at radius 1 is 1.38 bits per heavy atom. The Balaban J connectivity index is 2.61. The molecule has 0 saturated heterocycles. The average Bonchev–Trinajstić information content (AvgIpc) is 2.25. The summed E-state index contributed by atoms with van der Waals surface area (Å²) in [5, 5.41) is 4.39. The molecule has 0 amide bonds. The maximum atomic E-state index is 13.2. The van der Waals surface area contributed by atoms with E-state index >= 15 is 0 Å². The van der Waals surface area contributed by atoms with Crippen LogP contribution in [0.1, 0.15) is 19.4 Å². The highest BCUT2D eigenvalue weighted by molar-refractivity contribution is 8.13. The van der Waals surface area contributed by atoms with E-state index in [9.17, 15) is 8.78 Å². The van der Waals surface area contributed by atoms with Gasteiger partial charge in [-0.15, -0.1) is 11.8 Å². The summed E-state index contributed by atoms with van der Waals surface area (Å²) >= 11 is 1.24. The van der Waals surface area contributed by atoms with Crippen LogP contribution in [-0.2, 0) is 10.6 Å². The molecule has 0 atom stereocenters. The summed E-state index contributed by atoms with van der Waals surface area (Å²) in [6, 6.07) is 3.84. The van der Waals surface area contributed by atoms with E-state index < -0.39 is 11.6 Å². The summed E-state index contributed by atoms with van der Waals surface area (Å²) in [5.74, 6) is -0.852. The minimum atomic E-state index is -0.531. The molecule has 0 fully saturated rings.